The summed E-state index contributed by atoms with van der Waals surface area (Å²) in [4.78, 5) is 18.1. The summed E-state index contributed by atoms with van der Waals surface area (Å²) in [7, 11) is 3.45. The molecule has 0 spiro atoms. The molecule has 0 unspecified atom stereocenters. The van der Waals surface area contributed by atoms with Gasteiger partial charge in [-0.15, -0.1) is 5.10 Å². The topological polar surface area (TPSA) is 88.3 Å². The molecular weight excluding hydrogens is 318 g/mol. The van der Waals surface area contributed by atoms with Gasteiger partial charge in [0.15, 0.2) is 5.82 Å². The minimum absolute atomic E-state index is 0.0422. The molecule has 4 aromatic rings. The van der Waals surface area contributed by atoms with Crippen molar-refractivity contribution in [2.45, 2.75) is 0 Å². The molecule has 0 atom stereocenters. The third-order valence-electron chi connectivity index (χ3n) is 3.82. The second kappa shape index (κ2) is 5.82. The zero-order valence-electron chi connectivity index (χ0n) is 13.7. The van der Waals surface area contributed by atoms with E-state index in [1.807, 2.05) is 36.4 Å². The maximum atomic E-state index is 12.0. The van der Waals surface area contributed by atoms with E-state index >= 15 is 0 Å². The Morgan fingerprint density at radius 2 is 1.84 bits per heavy atom. The molecule has 2 aromatic carbocycles. The third-order valence-corrected chi connectivity index (χ3v) is 3.82. The van der Waals surface area contributed by atoms with E-state index in [4.69, 9.17) is 0 Å². The lowest BCUT2D eigenvalue weighted by Gasteiger charge is -2.11. The molecule has 2 heterocycles. The highest BCUT2D eigenvalue weighted by Gasteiger charge is 2.12. The number of tetrazole rings is 1. The van der Waals surface area contributed by atoms with E-state index in [1.54, 1.807) is 35.6 Å². The molecule has 4 rings (SSSR count). The van der Waals surface area contributed by atoms with E-state index in [-0.39, 0.29) is 5.91 Å². The summed E-state index contributed by atoms with van der Waals surface area (Å²) >= 11 is 0. The average molecular weight is 333 g/mol. The Labute approximate surface area is 143 Å². The largest absolute Gasteiger partial charge is 0.345 e. The summed E-state index contributed by atoms with van der Waals surface area (Å²) in [6.07, 6.45) is 0. The predicted octanol–water partition coefficient (Wildman–Crippen LogP) is 2.12. The first-order valence-corrected chi connectivity index (χ1v) is 7.69. The molecule has 8 nitrogen and oxygen atoms in total. The molecule has 0 saturated heterocycles. The smallest absolute Gasteiger partial charge is 0.253 e. The number of para-hydroxylation sites is 2. The van der Waals surface area contributed by atoms with Gasteiger partial charge in [0.2, 0.25) is 5.65 Å². The molecule has 0 radical (unpaired) electrons. The number of rotatable bonds is 3. The van der Waals surface area contributed by atoms with Crippen molar-refractivity contribution >= 4 is 34.1 Å². The average Bonchev–Trinajstić information content (AvgIpc) is 3.12. The zero-order chi connectivity index (χ0) is 17.4. The van der Waals surface area contributed by atoms with Crippen LogP contribution in [0.5, 0.6) is 0 Å². The van der Waals surface area contributed by atoms with Crippen molar-refractivity contribution in [3.8, 4) is 0 Å². The van der Waals surface area contributed by atoms with Crippen LogP contribution >= 0.6 is 0 Å². The molecule has 0 bridgehead atoms. The van der Waals surface area contributed by atoms with Crippen LogP contribution in [0, 0.1) is 0 Å². The van der Waals surface area contributed by atoms with Gasteiger partial charge in [-0.25, -0.2) is 4.98 Å². The molecule has 25 heavy (non-hydrogen) atoms. The van der Waals surface area contributed by atoms with Gasteiger partial charge in [-0.1, -0.05) is 12.1 Å². The minimum atomic E-state index is -0.0422. The van der Waals surface area contributed by atoms with Crippen LogP contribution in [-0.4, -0.2) is 49.9 Å². The van der Waals surface area contributed by atoms with Crippen molar-refractivity contribution in [1.29, 1.82) is 0 Å². The molecule has 8 heteroatoms. The first-order chi connectivity index (χ1) is 12.1. The molecule has 0 fully saturated rings. The second-order valence-electron chi connectivity index (χ2n) is 5.77. The number of hydrogen-bond acceptors (Lipinski definition) is 6. The van der Waals surface area contributed by atoms with Gasteiger partial charge in [0.25, 0.3) is 5.91 Å². The lowest BCUT2D eigenvalue weighted by atomic mass is 10.2. The van der Waals surface area contributed by atoms with Crippen molar-refractivity contribution in [3.05, 3.63) is 54.1 Å². The van der Waals surface area contributed by atoms with Crippen LogP contribution in [0.1, 0.15) is 10.4 Å². The fourth-order valence-electron chi connectivity index (χ4n) is 2.58. The fourth-order valence-corrected chi connectivity index (χ4v) is 2.58. The van der Waals surface area contributed by atoms with Crippen LogP contribution in [-0.2, 0) is 0 Å². The molecule has 1 amide bonds. The van der Waals surface area contributed by atoms with Crippen molar-refractivity contribution in [2.24, 2.45) is 0 Å². The number of benzene rings is 2. The Hall–Kier alpha value is -3.55. The summed E-state index contributed by atoms with van der Waals surface area (Å²) in [6, 6.07) is 14.8. The molecule has 2 aromatic heterocycles. The number of amides is 1. The van der Waals surface area contributed by atoms with E-state index in [1.165, 1.54) is 0 Å². The summed E-state index contributed by atoms with van der Waals surface area (Å²) in [5, 5.41) is 15.0. The lowest BCUT2D eigenvalue weighted by Crippen LogP contribution is -2.21. The normalized spacial score (nSPS) is 11.0. The number of anilines is 2. The Morgan fingerprint density at radius 3 is 2.60 bits per heavy atom. The summed E-state index contributed by atoms with van der Waals surface area (Å²) in [5.41, 5.74) is 3.57. The fraction of sp³-hybridized carbons (Fsp3) is 0.118. The highest BCUT2D eigenvalue weighted by atomic mass is 16.2. The van der Waals surface area contributed by atoms with Crippen molar-refractivity contribution in [1.82, 2.24) is 29.9 Å². The molecule has 1 N–H and O–H groups in total. The van der Waals surface area contributed by atoms with Crippen LogP contribution < -0.4 is 5.32 Å². The van der Waals surface area contributed by atoms with Crippen LogP contribution in [0.4, 0.5) is 11.5 Å². The first kappa shape index (κ1) is 15.0. The van der Waals surface area contributed by atoms with Gasteiger partial charge in [-0.3, -0.25) is 4.79 Å². The monoisotopic (exact) mass is 333 g/mol. The standard InChI is InChI=1S/C17H15N7O/c1-23(2)17(25)11-7-9-12(10-8-11)18-15-16-20-21-22-24(16)14-6-4-3-5-13(14)19-15/h3-10H,1-2H3,(H,18,19). The number of fused-ring (bicyclic) bond motifs is 3. The van der Waals surface area contributed by atoms with Gasteiger partial charge in [0.05, 0.1) is 11.0 Å². The highest BCUT2D eigenvalue weighted by Crippen LogP contribution is 2.22. The highest BCUT2D eigenvalue weighted by molar-refractivity contribution is 5.94. The van der Waals surface area contributed by atoms with Gasteiger partial charge in [-0.05, 0) is 46.8 Å². The number of carbonyl (C=O) groups excluding carboxylic acids is 1. The predicted molar refractivity (Wildman–Crippen MR) is 93.8 cm³/mol. The maximum absolute atomic E-state index is 12.0. The number of hydrogen-bond donors (Lipinski definition) is 1. The SMILES string of the molecule is CN(C)C(=O)c1ccc(Nc2nc3ccccc3n3nnnc23)cc1. The second-order valence-corrected chi connectivity index (χ2v) is 5.77. The number of carbonyl (C=O) groups is 1. The number of nitrogens with one attached hydrogen (secondary N) is 1. The van der Waals surface area contributed by atoms with Crippen LogP contribution in [0.3, 0.4) is 0 Å². The quantitative estimate of drug-likeness (QED) is 0.618. The zero-order valence-corrected chi connectivity index (χ0v) is 13.7. The Balaban J connectivity index is 1.72. The molecule has 0 aliphatic carbocycles. The molecule has 124 valence electrons. The lowest BCUT2D eigenvalue weighted by molar-refractivity contribution is 0.0827. The van der Waals surface area contributed by atoms with E-state index < -0.39 is 0 Å². The van der Waals surface area contributed by atoms with Gasteiger partial charge in [-0.2, -0.15) is 4.52 Å². The van der Waals surface area contributed by atoms with E-state index in [0.29, 0.717) is 17.0 Å². The maximum Gasteiger partial charge on any atom is 0.253 e. The number of aromatic nitrogens is 5. The number of nitrogens with zero attached hydrogens (tertiary/aromatic N) is 6. The Kier molecular flexibility index (Phi) is 3.50. The Morgan fingerprint density at radius 1 is 1.08 bits per heavy atom. The third kappa shape index (κ3) is 2.63. The molecule has 0 aliphatic heterocycles. The van der Waals surface area contributed by atoms with Crippen LogP contribution in [0.15, 0.2) is 48.5 Å². The van der Waals surface area contributed by atoms with E-state index in [9.17, 15) is 4.79 Å². The van der Waals surface area contributed by atoms with Gasteiger partial charge in [0.1, 0.15) is 0 Å². The van der Waals surface area contributed by atoms with Gasteiger partial charge >= 0.3 is 0 Å². The van der Waals surface area contributed by atoms with E-state index in [2.05, 4.69) is 25.8 Å². The minimum Gasteiger partial charge on any atom is -0.345 e. The van der Waals surface area contributed by atoms with Crippen molar-refractivity contribution in [2.75, 3.05) is 19.4 Å². The van der Waals surface area contributed by atoms with Gasteiger partial charge < -0.3 is 10.2 Å². The molecule has 0 aliphatic rings. The summed E-state index contributed by atoms with van der Waals surface area (Å²) in [5.74, 6) is 0.509. The summed E-state index contributed by atoms with van der Waals surface area (Å²) in [6.45, 7) is 0. The van der Waals surface area contributed by atoms with Crippen LogP contribution in [0.2, 0.25) is 0 Å². The van der Waals surface area contributed by atoms with Gasteiger partial charge in [0, 0.05) is 25.3 Å². The first-order valence-electron chi connectivity index (χ1n) is 7.69. The molecular formula is C17H15N7O. The van der Waals surface area contributed by atoms with Crippen molar-refractivity contribution in [3.63, 3.8) is 0 Å². The molecule has 0 saturated carbocycles. The van der Waals surface area contributed by atoms with E-state index in [0.717, 1.165) is 16.7 Å². The van der Waals surface area contributed by atoms with Crippen LogP contribution in [0.25, 0.3) is 16.7 Å². The summed E-state index contributed by atoms with van der Waals surface area (Å²) < 4.78 is 1.65. The Bertz CT molecular complexity index is 1070. The van der Waals surface area contributed by atoms with Crippen molar-refractivity contribution < 1.29 is 4.79 Å².